The quantitative estimate of drug-likeness (QED) is 0.282. The standard InChI is InChI=1S/C11H21NO3.C6H11ClO3.C5H11N/c1-2-15-11(13)10-14-9-8-12-6-4-3-5-7-12;1-2-10-6(8)5-9-4-3-7;1-2-4-6-5-3-1/h2-10H2,1H3;2-5H2,1H3;6H,1-5H2. The van der Waals surface area contributed by atoms with Crippen LogP contribution >= 0.6 is 11.6 Å². The number of nitrogens with zero attached hydrogens (tertiary/aromatic N) is 1. The normalized spacial score (nSPS) is 16.2. The summed E-state index contributed by atoms with van der Waals surface area (Å²) in [6.07, 6.45) is 8.14. The van der Waals surface area contributed by atoms with Gasteiger partial charge in [-0.1, -0.05) is 12.8 Å². The van der Waals surface area contributed by atoms with Crippen molar-refractivity contribution in [2.24, 2.45) is 0 Å². The third-order valence-electron chi connectivity index (χ3n) is 4.48. The Morgan fingerprint density at radius 2 is 1.32 bits per heavy atom. The number of esters is 2. The molecule has 0 amide bonds. The fourth-order valence-corrected chi connectivity index (χ4v) is 3.06. The first-order valence-electron chi connectivity index (χ1n) is 11.6. The van der Waals surface area contributed by atoms with Crippen molar-refractivity contribution in [3.63, 3.8) is 0 Å². The van der Waals surface area contributed by atoms with E-state index in [-0.39, 0.29) is 25.2 Å². The van der Waals surface area contributed by atoms with Gasteiger partial charge in [-0.3, -0.25) is 0 Å². The predicted octanol–water partition coefficient (Wildman–Crippen LogP) is 2.62. The molecule has 31 heavy (non-hydrogen) atoms. The van der Waals surface area contributed by atoms with E-state index >= 15 is 0 Å². The molecular weight excluding hydrogens is 424 g/mol. The van der Waals surface area contributed by atoms with Gasteiger partial charge < -0.3 is 29.2 Å². The Labute approximate surface area is 193 Å². The monoisotopic (exact) mass is 466 g/mol. The number of nitrogens with one attached hydrogen (secondary N) is 1. The van der Waals surface area contributed by atoms with E-state index in [2.05, 4.69) is 15.0 Å². The van der Waals surface area contributed by atoms with Crippen molar-refractivity contribution < 1.29 is 28.5 Å². The largest absolute Gasteiger partial charge is 0.464 e. The number of carbonyl (C=O) groups excluding carboxylic acids is 2. The molecule has 2 saturated heterocycles. The van der Waals surface area contributed by atoms with Gasteiger partial charge in [-0.2, -0.15) is 0 Å². The van der Waals surface area contributed by atoms with E-state index in [0.717, 1.165) is 6.54 Å². The molecule has 2 aliphatic rings. The van der Waals surface area contributed by atoms with E-state index in [4.69, 9.17) is 25.8 Å². The molecule has 2 fully saturated rings. The number of alkyl halides is 1. The highest BCUT2D eigenvalue weighted by Crippen LogP contribution is 2.07. The van der Waals surface area contributed by atoms with Gasteiger partial charge in [0, 0.05) is 12.4 Å². The SMILES string of the molecule is C1CCNCC1.CCOC(=O)COCCCl.CCOC(=O)COCCN1CCCCC1. The molecule has 2 aliphatic heterocycles. The molecule has 2 heterocycles. The van der Waals surface area contributed by atoms with Gasteiger partial charge in [0.25, 0.3) is 0 Å². The second kappa shape index (κ2) is 23.7. The maximum absolute atomic E-state index is 10.9. The number of likely N-dealkylation sites (tertiary alicyclic amines) is 1. The van der Waals surface area contributed by atoms with Crippen molar-refractivity contribution >= 4 is 23.5 Å². The molecule has 8 nitrogen and oxygen atoms in total. The zero-order valence-corrected chi connectivity index (χ0v) is 20.3. The smallest absolute Gasteiger partial charge is 0.332 e. The molecule has 0 aliphatic carbocycles. The highest BCUT2D eigenvalue weighted by molar-refractivity contribution is 6.17. The number of rotatable bonds is 11. The van der Waals surface area contributed by atoms with E-state index in [1.54, 1.807) is 13.8 Å². The van der Waals surface area contributed by atoms with Crippen LogP contribution in [0.4, 0.5) is 0 Å². The molecule has 0 unspecified atom stereocenters. The number of hydrogen-bond acceptors (Lipinski definition) is 8. The number of hydrogen-bond donors (Lipinski definition) is 1. The Morgan fingerprint density at radius 3 is 1.74 bits per heavy atom. The van der Waals surface area contributed by atoms with Crippen LogP contribution in [0.15, 0.2) is 0 Å². The van der Waals surface area contributed by atoms with Crippen molar-refractivity contribution in [1.29, 1.82) is 0 Å². The summed E-state index contributed by atoms with van der Waals surface area (Å²) < 4.78 is 19.4. The minimum Gasteiger partial charge on any atom is -0.464 e. The lowest BCUT2D eigenvalue weighted by Crippen LogP contribution is -2.33. The first kappa shape index (κ1) is 30.1. The second-order valence-electron chi connectivity index (χ2n) is 7.12. The fourth-order valence-electron chi connectivity index (χ4n) is 2.95. The molecule has 2 rings (SSSR count). The van der Waals surface area contributed by atoms with Crippen LogP contribution in [0.1, 0.15) is 52.4 Å². The molecule has 0 aromatic rings. The Kier molecular flexibility index (Phi) is 23.0. The first-order chi connectivity index (χ1) is 15.1. The second-order valence-corrected chi connectivity index (χ2v) is 7.50. The van der Waals surface area contributed by atoms with Gasteiger partial charge in [0.1, 0.15) is 13.2 Å². The van der Waals surface area contributed by atoms with Crippen LogP contribution in [-0.2, 0) is 28.5 Å². The molecular formula is C22H43ClN2O6. The van der Waals surface area contributed by atoms with Gasteiger partial charge >= 0.3 is 11.9 Å². The van der Waals surface area contributed by atoms with Crippen molar-refractivity contribution in [3.8, 4) is 0 Å². The minimum absolute atomic E-state index is 0.000556. The fraction of sp³-hybridized carbons (Fsp3) is 0.909. The van der Waals surface area contributed by atoms with Gasteiger partial charge in [-0.15, -0.1) is 11.6 Å². The van der Waals surface area contributed by atoms with Crippen LogP contribution < -0.4 is 5.32 Å². The van der Waals surface area contributed by atoms with E-state index in [1.165, 1.54) is 64.7 Å². The summed E-state index contributed by atoms with van der Waals surface area (Å²) >= 11 is 5.28. The molecule has 9 heteroatoms. The van der Waals surface area contributed by atoms with E-state index in [9.17, 15) is 9.59 Å². The summed E-state index contributed by atoms with van der Waals surface area (Å²) in [7, 11) is 0. The lowest BCUT2D eigenvalue weighted by atomic mass is 10.1. The molecule has 0 aromatic carbocycles. The van der Waals surface area contributed by atoms with E-state index in [0.29, 0.717) is 32.3 Å². The van der Waals surface area contributed by atoms with Crippen molar-refractivity contribution in [1.82, 2.24) is 10.2 Å². The maximum atomic E-state index is 10.9. The van der Waals surface area contributed by atoms with Crippen LogP contribution in [-0.4, -0.2) is 95.1 Å². The number of halogens is 1. The third kappa shape index (κ3) is 22.1. The molecule has 0 radical (unpaired) electrons. The predicted molar refractivity (Wildman–Crippen MR) is 123 cm³/mol. The third-order valence-corrected chi connectivity index (χ3v) is 4.63. The van der Waals surface area contributed by atoms with Gasteiger partial charge in [0.05, 0.1) is 26.4 Å². The van der Waals surface area contributed by atoms with Gasteiger partial charge in [-0.05, 0) is 65.7 Å². The minimum atomic E-state index is -0.340. The summed E-state index contributed by atoms with van der Waals surface area (Å²) in [6, 6.07) is 0. The lowest BCUT2D eigenvalue weighted by molar-refractivity contribution is -0.149. The van der Waals surface area contributed by atoms with Crippen LogP contribution in [0.2, 0.25) is 0 Å². The molecule has 0 spiro atoms. The van der Waals surface area contributed by atoms with E-state index in [1.807, 2.05) is 0 Å². The van der Waals surface area contributed by atoms with Crippen molar-refractivity contribution in [3.05, 3.63) is 0 Å². The van der Waals surface area contributed by atoms with Crippen molar-refractivity contribution in [2.75, 3.05) is 78.2 Å². The summed E-state index contributed by atoms with van der Waals surface area (Å²) in [6.45, 7) is 11.2. The molecule has 0 saturated carbocycles. The van der Waals surface area contributed by atoms with Crippen molar-refractivity contribution in [2.45, 2.75) is 52.4 Å². The molecule has 0 aromatic heterocycles. The number of ether oxygens (including phenoxy) is 4. The summed E-state index contributed by atoms with van der Waals surface area (Å²) in [5.74, 6) is -0.205. The highest BCUT2D eigenvalue weighted by atomic mass is 35.5. The van der Waals surface area contributed by atoms with Crippen LogP contribution in [0.3, 0.4) is 0 Å². The zero-order valence-electron chi connectivity index (χ0n) is 19.5. The molecule has 0 bridgehead atoms. The van der Waals surface area contributed by atoms with E-state index < -0.39 is 0 Å². The Hall–Kier alpha value is -0.930. The van der Waals surface area contributed by atoms with Gasteiger partial charge in [0.15, 0.2) is 0 Å². The summed E-state index contributed by atoms with van der Waals surface area (Å²) in [5.41, 5.74) is 0. The Balaban J connectivity index is 0.000000482. The Morgan fingerprint density at radius 1 is 0.806 bits per heavy atom. The first-order valence-corrected chi connectivity index (χ1v) is 12.1. The molecule has 184 valence electrons. The van der Waals surface area contributed by atoms with Gasteiger partial charge in [-0.25, -0.2) is 9.59 Å². The summed E-state index contributed by atoms with van der Waals surface area (Å²) in [5, 5.41) is 3.28. The van der Waals surface area contributed by atoms with Crippen LogP contribution in [0, 0.1) is 0 Å². The number of piperidine rings is 2. The van der Waals surface area contributed by atoms with Crippen LogP contribution in [0.5, 0.6) is 0 Å². The van der Waals surface area contributed by atoms with Gasteiger partial charge in [0.2, 0.25) is 0 Å². The average molecular weight is 467 g/mol. The number of carbonyl (C=O) groups is 2. The topological polar surface area (TPSA) is 86.3 Å². The highest BCUT2D eigenvalue weighted by Gasteiger charge is 2.09. The maximum Gasteiger partial charge on any atom is 0.332 e. The average Bonchev–Trinajstić information content (AvgIpc) is 2.80. The molecule has 1 N–H and O–H groups in total. The summed E-state index contributed by atoms with van der Waals surface area (Å²) in [4.78, 5) is 23.8. The molecule has 0 atom stereocenters. The van der Waals surface area contributed by atoms with Crippen LogP contribution in [0.25, 0.3) is 0 Å². The zero-order chi connectivity index (χ0) is 23.0. The Bertz CT molecular complexity index is 407. The lowest BCUT2D eigenvalue weighted by Gasteiger charge is -2.25.